The molecule has 0 spiro atoms. The fourth-order valence-electron chi connectivity index (χ4n) is 5.00. The molecule has 0 saturated carbocycles. The molecule has 4 heteroatoms. The Morgan fingerprint density at radius 1 is 0.553 bits per heavy atom. The Morgan fingerprint density at radius 2 is 0.947 bits per heavy atom. The van der Waals surface area contributed by atoms with Crippen LogP contribution >= 0.6 is 0 Å². The largest absolute Gasteiger partial charge is 0.481 e. The molecule has 0 aliphatic rings. The normalized spacial score (nSPS) is 12.3. The van der Waals surface area contributed by atoms with Crippen molar-refractivity contribution in [2.45, 2.75) is 193 Å². The monoisotopic (exact) mass is 536 g/mol. The van der Waals surface area contributed by atoms with Gasteiger partial charge in [-0.25, -0.2) is 0 Å². The summed E-state index contributed by atoms with van der Waals surface area (Å²) < 4.78 is 5.85. The summed E-state index contributed by atoms with van der Waals surface area (Å²) in [5, 5.41) is 8.80. The van der Waals surface area contributed by atoms with Crippen LogP contribution in [0.1, 0.15) is 187 Å². The molecule has 0 fully saturated rings. The third-order valence-corrected chi connectivity index (χ3v) is 7.49. The van der Waals surface area contributed by atoms with Crippen LogP contribution in [-0.4, -0.2) is 23.1 Å². The van der Waals surface area contributed by atoms with Gasteiger partial charge in [0.15, 0.2) is 0 Å². The van der Waals surface area contributed by atoms with E-state index in [1.54, 1.807) is 0 Å². The van der Waals surface area contributed by atoms with Gasteiger partial charge >= 0.3 is 11.9 Å². The number of hydrogen-bond donors (Lipinski definition) is 1. The van der Waals surface area contributed by atoms with Gasteiger partial charge in [0, 0.05) is 12.8 Å². The Hall–Kier alpha value is -1.32. The minimum Gasteiger partial charge on any atom is -0.481 e. The minimum absolute atomic E-state index is 0.00815. The van der Waals surface area contributed by atoms with E-state index in [0.29, 0.717) is 12.8 Å². The molecule has 224 valence electrons. The maximum atomic E-state index is 12.4. The molecule has 1 atom stereocenters. The summed E-state index contributed by atoms with van der Waals surface area (Å²) in [5.41, 5.74) is 0. The maximum Gasteiger partial charge on any atom is 0.306 e. The number of carboxylic acids is 1. The highest BCUT2D eigenvalue weighted by Gasteiger charge is 2.14. The lowest BCUT2D eigenvalue weighted by Gasteiger charge is -2.18. The molecule has 0 rings (SSSR count). The Morgan fingerprint density at radius 3 is 1.45 bits per heavy atom. The standard InChI is InChI=1S/C34H64O4/c1-3-5-7-9-10-11-12-13-14-15-16-17-18-19-20-22-27-31-34(37)38-32(28-24-21-8-6-4-2)29-25-23-26-30-33(35)36/h13-14,32H,3-12,15-31H2,1-2H3,(H,35,36)/b14-13-. The lowest BCUT2D eigenvalue weighted by atomic mass is 10.0. The van der Waals surface area contributed by atoms with Crippen molar-refractivity contribution in [2.24, 2.45) is 0 Å². The quantitative estimate of drug-likeness (QED) is 0.0563. The van der Waals surface area contributed by atoms with Crippen molar-refractivity contribution in [3.05, 3.63) is 12.2 Å². The summed E-state index contributed by atoms with van der Waals surface area (Å²) in [5.74, 6) is -0.767. The van der Waals surface area contributed by atoms with Gasteiger partial charge in [0.25, 0.3) is 0 Å². The van der Waals surface area contributed by atoms with E-state index in [-0.39, 0.29) is 18.5 Å². The van der Waals surface area contributed by atoms with Crippen molar-refractivity contribution in [3.8, 4) is 0 Å². The van der Waals surface area contributed by atoms with Crippen LogP contribution < -0.4 is 0 Å². The van der Waals surface area contributed by atoms with E-state index in [2.05, 4.69) is 26.0 Å². The summed E-state index contributed by atoms with van der Waals surface area (Å²) in [7, 11) is 0. The molecule has 0 aliphatic heterocycles. The van der Waals surface area contributed by atoms with E-state index in [1.807, 2.05) is 0 Å². The Bertz CT molecular complexity index is 543. The van der Waals surface area contributed by atoms with Gasteiger partial charge in [-0.1, -0.05) is 122 Å². The summed E-state index contributed by atoms with van der Waals surface area (Å²) in [6.45, 7) is 4.49. The number of ether oxygens (including phenoxy) is 1. The average molecular weight is 537 g/mol. The predicted molar refractivity (Wildman–Crippen MR) is 163 cm³/mol. The number of rotatable bonds is 30. The number of carbonyl (C=O) groups excluding carboxylic acids is 1. The van der Waals surface area contributed by atoms with Crippen LogP contribution in [0.25, 0.3) is 0 Å². The molecule has 4 nitrogen and oxygen atoms in total. The van der Waals surface area contributed by atoms with Gasteiger partial charge in [0.05, 0.1) is 0 Å². The van der Waals surface area contributed by atoms with Crippen LogP contribution in [0.15, 0.2) is 12.2 Å². The minimum atomic E-state index is -0.727. The molecule has 0 heterocycles. The molecule has 0 saturated heterocycles. The zero-order valence-corrected chi connectivity index (χ0v) is 25.5. The van der Waals surface area contributed by atoms with Crippen LogP contribution in [0.2, 0.25) is 0 Å². The second-order valence-electron chi connectivity index (χ2n) is 11.3. The Balaban J connectivity index is 3.76. The smallest absolute Gasteiger partial charge is 0.306 e. The van der Waals surface area contributed by atoms with Crippen molar-refractivity contribution in [3.63, 3.8) is 0 Å². The average Bonchev–Trinajstić information content (AvgIpc) is 2.89. The van der Waals surface area contributed by atoms with Gasteiger partial charge < -0.3 is 9.84 Å². The Kier molecular flexibility index (Phi) is 29.2. The summed E-state index contributed by atoms with van der Waals surface area (Å²) in [6, 6.07) is 0. The molecule has 0 amide bonds. The highest BCUT2D eigenvalue weighted by Crippen LogP contribution is 2.18. The number of carbonyl (C=O) groups is 2. The highest BCUT2D eigenvalue weighted by molar-refractivity contribution is 5.69. The molecular weight excluding hydrogens is 472 g/mol. The van der Waals surface area contributed by atoms with E-state index in [1.165, 1.54) is 109 Å². The predicted octanol–water partition coefficient (Wildman–Crippen LogP) is 11.1. The second-order valence-corrected chi connectivity index (χ2v) is 11.3. The second kappa shape index (κ2) is 30.2. The van der Waals surface area contributed by atoms with Crippen molar-refractivity contribution < 1.29 is 19.4 Å². The molecule has 0 aromatic heterocycles. The molecule has 0 radical (unpaired) electrons. The molecular formula is C34H64O4. The molecule has 38 heavy (non-hydrogen) atoms. The number of unbranched alkanes of at least 4 members (excludes halogenated alkanes) is 19. The van der Waals surface area contributed by atoms with Crippen LogP contribution in [0.5, 0.6) is 0 Å². The first-order valence-corrected chi connectivity index (χ1v) is 16.7. The number of hydrogen-bond acceptors (Lipinski definition) is 3. The first-order chi connectivity index (χ1) is 18.6. The summed E-state index contributed by atoms with van der Waals surface area (Å²) >= 11 is 0. The van der Waals surface area contributed by atoms with Gasteiger partial charge in [-0.05, 0) is 64.2 Å². The molecule has 0 aliphatic carbocycles. The van der Waals surface area contributed by atoms with Crippen LogP contribution in [-0.2, 0) is 14.3 Å². The summed E-state index contributed by atoms with van der Waals surface area (Å²) in [4.78, 5) is 23.1. The topological polar surface area (TPSA) is 63.6 Å². The first-order valence-electron chi connectivity index (χ1n) is 16.7. The van der Waals surface area contributed by atoms with Gasteiger partial charge in [-0.2, -0.15) is 0 Å². The van der Waals surface area contributed by atoms with E-state index in [9.17, 15) is 9.59 Å². The van der Waals surface area contributed by atoms with Gasteiger partial charge in [-0.15, -0.1) is 0 Å². The van der Waals surface area contributed by atoms with Crippen molar-refractivity contribution in [1.29, 1.82) is 0 Å². The van der Waals surface area contributed by atoms with Gasteiger partial charge in [-0.3, -0.25) is 9.59 Å². The third-order valence-electron chi connectivity index (χ3n) is 7.49. The van der Waals surface area contributed by atoms with Crippen LogP contribution in [0, 0.1) is 0 Å². The van der Waals surface area contributed by atoms with Crippen molar-refractivity contribution in [1.82, 2.24) is 0 Å². The molecule has 0 aromatic carbocycles. The van der Waals surface area contributed by atoms with E-state index in [0.717, 1.165) is 44.9 Å². The number of aliphatic carboxylic acids is 1. The van der Waals surface area contributed by atoms with E-state index >= 15 is 0 Å². The van der Waals surface area contributed by atoms with Crippen molar-refractivity contribution >= 4 is 11.9 Å². The molecule has 0 aromatic rings. The van der Waals surface area contributed by atoms with Gasteiger partial charge in [0.2, 0.25) is 0 Å². The van der Waals surface area contributed by atoms with E-state index in [4.69, 9.17) is 9.84 Å². The number of carboxylic acid groups (broad SMARTS) is 1. The SMILES string of the molecule is CCCCCCCC/C=C\CCCCCCCCCC(=O)OC(CCCCCCC)CCCCCC(=O)O. The fourth-order valence-corrected chi connectivity index (χ4v) is 5.00. The van der Waals surface area contributed by atoms with Crippen LogP contribution in [0.4, 0.5) is 0 Å². The lowest BCUT2D eigenvalue weighted by Crippen LogP contribution is -2.18. The van der Waals surface area contributed by atoms with Crippen molar-refractivity contribution in [2.75, 3.05) is 0 Å². The fraction of sp³-hybridized carbons (Fsp3) is 0.882. The Labute approximate surface area is 236 Å². The lowest BCUT2D eigenvalue weighted by molar-refractivity contribution is -0.150. The maximum absolute atomic E-state index is 12.4. The molecule has 1 unspecified atom stereocenters. The third kappa shape index (κ3) is 29.2. The summed E-state index contributed by atoms with van der Waals surface area (Å²) in [6.07, 6.45) is 35.2. The molecule has 0 bridgehead atoms. The number of allylic oxidation sites excluding steroid dienone is 2. The van der Waals surface area contributed by atoms with Gasteiger partial charge in [0.1, 0.15) is 6.10 Å². The molecule has 1 N–H and O–H groups in total. The zero-order chi connectivity index (χ0) is 27.9. The van der Waals surface area contributed by atoms with E-state index < -0.39 is 5.97 Å². The highest BCUT2D eigenvalue weighted by atomic mass is 16.5. The first kappa shape index (κ1) is 36.7. The number of esters is 1. The zero-order valence-electron chi connectivity index (χ0n) is 25.5. The van der Waals surface area contributed by atoms with Crippen LogP contribution in [0.3, 0.4) is 0 Å².